The molecule has 0 aliphatic heterocycles. The first-order valence-corrected chi connectivity index (χ1v) is 18.0. The molecule has 0 saturated carbocycles. The van der Waals surface area contributed by atoms with E-state index in [9.17, 15) is 0 Å². The number of hydrogen-bond donors (Lipinski definition) is 0. The standard InChI is InChI=1S/2C5H5.2BrH.Zr/c2*1-2-4-5-3-1;;;/h2*1-3H,4H2;2*1H;/q;;;;+2/p-2. The number of hydrogen-bond acceptors (Lipinski definition) is 0. The van der Waals surface area contributed by atoms with E-state index in [1.54, 1.807) is 6.56 Å². The fraction of sp³-hybridized carbons (Fsp3) is 0.200. The summed E-state index contributed by atoms with van der Waals surface area (Å²) < 4.78 is 3.17. The van der Waals surface area contributed by atoms with Crippen LogP contribution < -0.4 is 0 Å². The van der Waals surface area contributed by atoms with Crippen LogP contribution in [-0.2, 0) is 15.6 Å². The van der Waals surface area contributed by atoms with Gasteiger partial charge in [0.1, 0.15) is 0 Å². The Labute approximate surface area is 94.8 Å². The van der Waals surface area contributed by atoms with Crippen molar-refractivity contribution in [2.45, 2.75) is 12.8 Å². The van der Waals surface area contributed by atoms with E-state index in [0.29, 0.717) is 0 Å². The molecule has 0 nitrogen and oxygen atoms in total. The number of rotatable bonds is 2. The van der Waals surface area contributed by atoms with Gasteiger partial charge in [0.25, 0.3) is 0 Å². The van der Waals surface area contributed by atoms with E-state index in [-0.39, 0.29) is 0 Å². The first-order valence-electron chi connectivity index (χ1n) is 4.31. The molecule has 3 heteroatoms. The summed E-state index contributed by atoms with van der Waals surface area (Å²) in [6, 6.07) is 0. The molecule has 0 N–H and O–H groups in total. The van der Waals surface area contributed by atoms with Gasteiger partial charge in [-0.15, -0.1) is 0 Å². The molecule has 0 aromatic carbocycles. The summed E-state index contributed by atoms with van der Waals surface area (Å²) in [4.78, 5) is 0. The summed E-state index contributed by atoms with van der Waals surface area (Å²) in [5, 5.41) is 0. The fourth-order valence-electron chi connectivity index (χ4n) is 1.57. The molecule has 0 radical (unpaired) electrons. The summed E-state index contributed by atoms with van der Waals surface area (Å²) in [6.45, 7) is 0. The molecule has 0 spiro atoms. The van der Waals surface area contributed by atoms with Gasteiger partial charge in [-0.2, -0.15) is 0 Å². The summed E-state index contributed by atoms with van der Waals surface area (Å²) in [5.74, 6) is 0. The molecule has 68 valence electrons. The summed E-state index contributed by atoms with van der Waals surface area (Å²) >= 11 is 5.51. The van der Waals surface area contributed by atoms with Crippen molar-refractivity contribution in [2.24, 2.45) is 0 Å². The quantitative estimate of drug-likeness (QED) is 0.663. The van der Waals surface area contributed by atoms with E-state index >= 15 is 0 Å². The van der Waals surface area contributed by atoms with Crippen LogP contribution >= 0.6 is 24.4 Å². The molecule has 0 unspecified atom stereocenters. The van der Waals surface area contributed by atoms with Crippen molar-refractivity contribution in [3.63, 3.8) is 0 Å². The third-order valence-electron chi connectivity index (χ3n) is 2.35. The zero-order valence-corrected chi connectivity index (χ0v) is 12.8. The van der Waals surface area contributed by atoms with Crippen LogP contribution in [0.1, 0.15) is 12.8 Å². The van der Waals surface area contributed by atoms with E-state index in [4.69, 9.17) is 0 Å². The molecule has 0 atom stereocenters. The van der Waals surface area contributed by atoms with Crippen molar-refractivity contribution in [2.75, 3.05) is 0 Å². The summed E-state index contributed by atoms with van der Waals surface area (Å²) in [7, 11) is 0. The van der Waals surface area contributed by atoms with Gasteiger partial charge >= 0.3 is 95.9 Å². The molecule has 0 bridgehead atoms. The molecule has 0 saturated heterocycles. The van der Waals surface area contributed by atoms with Crippen LogP contribution in [0.15, 0.2) is 43.0 Å². The zero-order chi connectivity index (χ0) is 9.31. The van der Waals surface area contributed by atoms with E-state index in [1.807, 2.05) is 0 Å². The summed E-state index contributed by atoms with van der Waals surface area (Å²) in [5.41, 5.74) is 0. The Kier molecular flexibility index (Phi) is 3.27. The zero-order valence-electron chi connectivity index (χ0n) is 7.13. The molecule has 2 rings (SSSR count). The van der Waals surface area contributed by atoms with Gasteiger partial charge in [-0.3, -0.25) is 0 Å². The second kappa shape index (κ2) is 4.12. The predicted molar refractivity (Wildman–Crippen MR) is 61.5 cm³/mol. The van der Waals surface area contributed by atoms with Gasteiger partial charge in [0.15, 0.2) is 0 Å². The Morgan fingerprint density at radius 1 is 0.923 bits per heavy atom. The minimum absolute atomic E-state index is 1.13. The van der Waals surface area contributed by atoms with Crippen molar-refractivity contribution in [3.8, 4) is 0 Å². The number of allylic oxidation sites excluding steroid dienone is 8. The molecule has 0 aromatic heterocycles. The second-order valence-corrected chi connectivity index (χ2v) is 29.6. The van der Waals surface area contributed by atoms with Gasteiger partial charge in [-0.05, 0) is 0 Å². The van der Waals surface area contributed by atoms with E-state index in [0.717, 1.165) is 12.8 Å². The molecule has 2 aliphatic rings. The van der Waals surface area contributed by atoms with Crippen molar-refractivity contribution in [1.29, 1.82) is 0 Å². The molecule has 13 heavy (non-hydrogen) atoms. The van der Waals surface area contributed by atoms with Gasteiger partial charge in [0.2, 0.25) is 0 Å². The van der Waals surface area contributed by atoms with Crippen LogP contribution in [0.3, 0.4) is 0 Å². The van der Waals surface area contributed by atoms with Gasteiger partial charge < -0.3 is 0 Å². The van der Waals surface area contributed by atoms with Crippen LogP contribution in [0, 0.1) is 0 Å². The van der Waals surface area contributed by atoms with E-state index in [2.05, 4.69) is 60.9 Å². The van der Waals surface area contributed by atoms with Gasteiger partial charge in [0, 0.05) is 0 Å². The average Bonchev–Trinajstić information content (AvgIpc) is 2.78. The van der Waals surface area contributed by atoms with Crippen LogP contribution in [-0.4, -0.2) is 0 Å². The predicted octanol–water partition coefficient (Wildman–Crippen LogP) is 4.45. The maximum absolute atomic E-state index is 3.95. The van der Waals surface area contributed by atoms with Crippen LogP contribution in [0.4, 0.5) is 0 Å². The third-order valence-corrected chi connectivity index (χ3v) is 20.2. The number of halogens is 2. The normalized spacial score (nSPS) is 20.8. The van der Waals surface area contributed by atoms with Crippen molar-refractivity contribution >= 4 is 24.4 Å². The van der Waals surface area contributed by atoms with Gasteiger partial charge in [0.05, 0.1) is 0 Å². The fourth-order valence-corrected chi connectivity index (χ4v) is 12.9. The topological polar surface area (TPSA) is 0 Å². The average molecular weight is 381 g/mol. The summed E-state index contributed by atoms with van der Waals surface area (Å²) in [6.07, 6.45) is 15.6. The van der Waals surface area contributed by atoms with Crippen molar-refractivity contribution < 1.29 is 15.6 Å². The Morgan fingerprint density at radius 2 is 1.38 bits per heavy atom. The monoisotopic (exact) mass is 378 g/mol. The second-order valence-electron chi connectivity index (χ2n) is 3.22. The first-order chi connectivity index (χ1) is 6.21. The van der Waals surface area contributed by atoms with Crippen LogP contribution in [0.2, 0.25) is 0 Å². The SMILES string of the molecule is [Br][Zr]([Br])([C]1=CC=CC1)[C]1=CC=CC1. The Hall–Kier alpha value is 0.803. The van der Waals surface area contributed by atoms with Crippen LogP contribution in [0.5, 0.6) is 0 Å². The Morgan fingerprint density at radius 3 is 1.69 bits per heavy atom. The maximum atomic E-state index is 3.95. The van der Waals surface area contributed by atoms with Crippen molar-refractivity contribution in [1.82, 2.24) is 0 Å². The molecular weight excluding hydrogens is 371 g/mol. The van der Waals surface area contributed by atoms with Crippen molar-refractivity contribution in [3.05, 3.63) is 43.0 Å². The van der Waals surface area contributed by atoms with E-state index in [1.165, 1.54) is 0 Å². The molecule has 0 amide bonds. The van der Waals surface area contributed by atoms with Crippen LogP contribution in [0.25, 0.3) is 0 Å². The molecule has 0 aromatic rings. The minimum atomic E-state index is -2.38. The van der Waals surface area contributed by atoms with Gasteiger partial charge in [-0.1, -0.05) is 0 Å². The Bertz CT molecular complexity index is 303. The first kappa shape index (κ1) is 10.3. The molecule has 2 aliphatic carbocycles. The Balaban J connectivity index is 2.20. The molecule has 0 heterocycles. The molecular formula is C10H10Br2Zr. The van der Waals surface area contributed by atoms with E-state index < -0.39 is 15.6 Å². The van der Waals surface area contributed by atoms with Gasteiger partial charge in [-0.25, -0.2) is 0 Å². The molecule has 0 fully saturated rings. The third kappa shape index (κ3) is 2.08.